The number of rotatable bonds is 3. The minimum absolute atomic E-state index is 0.0769. The van der Waals surface area contributed by atoms with Crippen molar-refractivity contribution in [1.29, 1.82) is 0 Å². The molecule has 1 fully saturated rings. The Balaban J connectivity index is 2.24. The van der Waals surface area contributed by atoms with Crippen molar-refractivity contribution in [3.8, 4) is 0 Å². The molecule has 1 aliphatic heterocycles. The number of nitrogens with one attached hydrogen (secondary N) is 2. The van der Waals surface area contributed by atoms with Gasteiger partial charge >= 0.3 is 5.92 Å². The Kier molecular flexibility index (Phi) is 3.89. The molecule has 0 aromatic heterocycles. The van der Waals surface area contributed by atoms with Gasteiger partial charge < -0.3 is 10.6 Å². The first-order chi connectivity index (χ1) is 9.68. The van der Waals surface area contributed by atoms with Gasteiger partial charge in [-0.3, -0.25) is 9.59 Å². The van der Waals surface area contributed by atoms with Gasteiger partial charge in [0, 0.05) is 25.0 Å². The molecule has 21 heavy (non-hydrogen) atoms. The zero-order chi connectivity index (χ0) is 15.8. The summed E-state index contributed by atoms with van der Waals surface area (Å²) in [5, 5.41) is 4.38. The first kappa shape index (κ1) is 15.3. The van der Waals surface area contributed by atoms with Crippen LogP contribution in [0.15, 0.2) is 18.2 Å². The fourth-order valence-electron chi connectivity index (χ4n) is 2.13. The highest BCUT2D eigenvalue weighted by molar-refractivity contribution is 5.86. The van der Waals surface area contributed by atoms with Crippen molar-refractivity contribution in [2.45, 2.75) is 31.4 Å². The Bertz CT molecular complexity index is 586. The Labute approximate surface area is 117 Å². The number of alkyl halides is 2. The Morgan fingerprint density at radius 2 is 2.05 bits per heavy atom. The molecule has 1 aromatic carbocycles. The molecular formula is C13H12F4N2O2. The molecule has 0 spiro atoms. The second-order valence-corrected chi connectivity index (χ2v) is 4.88. The van der Waals surface area contributed by atoms with Crippen LogP contribution in [0, 0.1) is 11.6 Å². The van der Waals surface area contributed by atoms with Crippen LogP contribution in [-0.2, 0) is 9.59 Å². The van der Waals surface area contributed by atoms with Crippen molar-refractivity contribution in [1.82, 2.24) is 10.6 Å². The van der Waals surface area contributed by atoms with Crippen molar-refractivity contribution in [3.05, 3.63) is 35.4 Å². The lowest BCUT2D eigenvalue weighted by Gasteiger charge is -2.22. The highest BCUT2D eigenvalue weighted by Crippen LogP contribution is 2.28. The maximum absolute atomic E-state index is 13.7. The normalized spacial score (nSPS) is 22.0. The standard InChI is InChI=1S/C13H12F4N2O2/c1-13(16,17)12(21)18-9-5-10(20)19-11(9)7-3-2-6(14)4-8(7)15/h2-4,9,11H,5H2,1H3,(H,18,21)(H,19,20)/t9-,11+/m1/s1. The summed E-state index contributed by atoms with van der Waals surface area (Å²) in [5.74, 6) is -7.42. The van der Waals surface area contributed by atoms with Gasteiger partial charge in [0.05, 0.1) is 12.1 Å². The summed E-state index contributed by atoms with van der Waals surface area (Å²) in [6.07, 6.45) is -0.261. The Hall–Kier alpha value is -2.12. The maximum atomic E-state index is 13.7. The quantitative estimate of drug-likeness (QED) is 0.835. The number of hydrogen-bond acceptors (Lipinski definition) is 2. The zero-order valence-corrected chi connectivity index (χ0v) is 10.9. The molecule has 0 radical (unpaired) electrons. The predicted molar refractivity (Wildman–Crippen MR) is 64.4 cm³/mol. The lowest BCUT2D eigenvalue weighted by atomic mass is 10.00. The third-order valence-corrected chi connectivity index (χ3v) is 3.14. The minimum atomic E-state index is -3.61. The molecule has 2 N–H and O–H groups in total. The molecule has 4 nitrogen and oxygen atoms in total. The van der Waals surface area contributed by atoms with E-state index in [0.29, 0.717) is 13.0 Å². The predicted octanol–water partition coefficient (Wildman–Crippen LogP) is 1.67. The van der Waals surface area contributed by atoms with E-state index >= 15 is 0 Å². The lowest BCUT2D eigenvalue weighted by Crippen LogP contribution is -2.45. The van der Waals surface area contributed by atoms with E-state index < -0.39 is 41.5 Å². The molecule has 0 unspecified atom stereocenters. The fraction of sp³-hybridized carbons (Fsp3) is 0.385. The monoisotopic (exact) mass is 304 g/mol. The second kappa shape index (κ2) is 5.34. The molecule has 1 aromatic rings. The molecule has 2 atom stereocenters. The Morgan fingerprint density at radius 3 is 2.62 bits per heavy atom. The van der Waals surface area contributed by atoms with Crippen LogP contribution in [0.2, 0.25) is 0 Å². The molecular weight excluding hydrogens is 292 g/mol. The lowest BCUT2D eigenvalue weighted by molar-refractivity contribution is -0.143. The summed E-state index contributed by atoms with van der Waals surface area (Å²) in [6.45, 7) is 0.417. The van der Waals surface area contributed by atoms with E-state index in [1.54, 1.807) is 0 Å². The molecule has 2 amide bonds. The van der Waals surface area contributed by atoms with Crippen molar-refractivity contribution in [2.24, 2.45) is 0 Å². The maximum Gasteiger partial charge on any atom is 0.321 e. The van der Waals surface area contributed by atoms with Gasteiger partial charge in [0.15, 0.2) is 0 Å². The van der Waals surface area contributed by atoms with Crippen LogP contribution >= 0.6 is 0 Å². The first-order valence-corrected chi connectivity index (χ1v) is 6.11. The summed E-state index contributed by atoms with van der Waals surface area (Å²) in [4.78, 5) is 22.7. The van der Waals surface area contributed by atoms with E-state index in [1.165, 1.54) is 0 Å². The van der Waals surface area contributed by atoms with Crippen LogP contribution < -0.4 is 10.6 Å². The molecule has 0 aliphatic carbocycles. The van der Waals surface area contributed by atoms with E-state index in [9.17, 15) is 27.2 Å². The van der Waals surface area contributed by atoms with Gasteiger partial charge in [-0.2, -0.15) is 8.78 Å². The van der Waals surface area contributed by atoms with Crippen LogP contribution in [0.25, 0.3) is 0 Å². The van der Waals surface area contributed by atoms with Crippen molar-refractivity contribution >= 4 is 11.8 Å². The second-order valence-electron chi connectivity index (χ2n) is 4.88. The number of hydrogen-bond donors (Lipinski definition) is 2. The molecule has 0 bridgehead atoms. The van der Waals surface area contributed by atoms with Crippen molar-refractivity contribution in [3.63, 3.8) is 0 Å². The van der Waals surface area contributed by atoms with E-state index in [4.69, 9.17) is 0 Å². The topological polar surface area (TPSA) is 58.2 Å². The Morgan fingerprint density at radius 1 is 1.38 bits per heavy atom. The van der Waals surface area contributed by atoms with Crippen LogP contribution in [0.5, 0.6) is 0 Å². The average Bonchev–Trinajstić information content (AvgIpc) is 2.69. The molecule has 8 heteroatoms. The van der Waals surface area contributed by atoms with Crippen LogP contribution in [0.1, 0.15) is 24.9 Å². The number of carbonyl (C=O) groups is 2. The average molecular weight is 304 g/mol. The van der Waals surface area contributed by atoms with Crippen molar-refractivity contribution < 1.29 is 27.2 Å². The van der Waals surface area contributed by atoms with Gasteiger partial charge in [-0.05, 0) is 6.07 Å². The van der Waals surface area contributed by atoms with E-state index in [2.05, 4.69) is 5.32 Å². The molecule has 2 rings (SSSR count). The molecule has 114 valence electrons. The van der Waals surface area contributed by atoms with Crippen LogP contribution in [0.4, 0.5) is 17.6 Å². The van der Waals surface area contributed by atoms with Crippen molar-refractivity contribution in [2.75, 3.05) is 0 Å². The number of amides is 2. The van der Waals surface area contributed by atoms with Gasteiger partial charge in [-0.25, -0.2) is 8.78 Å². The van der Waals surface area contributed by atoms with Gasteiger partial charge in [0.25, 0.3) is 5.91 Å². The van der Waals surface area contributed by atoms with Crippen LogP contribution in [0.3, 0.4) is 0 Å². The highest BCUT2D eigenvalue weighted by Gasteiger charge is 2.40. The summed E-state index contributed by atoms with van der Waals surface area (Å²) < 4.78 is 52.4. The van der Waals surface area contributed by atoms with E-state index in [0.717, 1.165) is 12.1 Å². The smallest absolute Gasteiger partial charge is 0.321 e. The molecule has 0 saturated carbocycles. The van der Waals surface area contributed by atoms with Crippen LogP contribution in [-0.4, -0.2) is 23.8 Å². The molecule has 1 heterocycles. The summed E-state index contributed by atoms with van der Waals surface area (Å²) >= 11 is 0. The van der Waals surface area contributed by atoms with E-state index in [1.807, 2.05) is 5.32 Å². The number of halogens is 4. The SMILES string of the molecule is CC(F)(F)C(=O)N[C@@H]1CC(=O)N[C@H]1c1ccc(F)cc1F. The largest absolute Gasteiger partial charge is 0.347 e. The van der Waals surface area contributed by atoms with Gasteiger partial charge in [-0.15, -0.1) is 0 Å². The third kappa shape index (κ3) is 3.32. The summed E-state index contributed by atoms with van der Waals surface area (Å²) in [7, 11) is 0. The number of benzene rings is 1. The third-order valence-electron chi connectivity index (χ3n) is 3.14. The van der Waals surface area contributed by atoms with Gasteiger partial charge in [0.2, 0.25) is 5.91 Å². The zero-order valence-electron chi connectivity index (χ0n) is 10.9. The highest BCUT2D eigenvalue weighted by atomic mass is 19.3. The number of carbonyl (C=O) groups excluding carboxylic acids is 2. The minimum Gasteiger partial charge on any atom is -0.347 e. The summed E-state index contributed by atoms with van der Waals surface area (Å²) in [6, 6.07) is 0.646. The fourth-order valence-corrected chi connectivity index (χ4v) is 2.13. The summed E-state index contributed by atoms with van der Waals surface area (Å²) in [5.41, 5.74) is -0.0769. The van der Waals surface area contributed by atoms with Gasteiger partial charge in [0.1, 0.15) is 11.6 Å². The molecule has 1 saturated heterocycles. The first-order valence-electron chi connectivity index (χ1n) is 6.11. The van der Waals surface area contributed by atoms with E-state index in [-0.39, 0.29) is 12.0 Å². The molecule has 1 aliphatic rings. The van der Waals surface area contributed by atoms with Gasteiger partial charge in [-0.1, -0.05) is 6.07 Å².